The number of aryl methyl sites for hydroxylation is 1. The minimum atomic E-state index is -0.882. The molecule has 32 heavy (non-hydrogen) atoms. The summed E-state index contributed by atoms with van der Waals surface area (Å²) in [5.74, 6) is -0.408. The number of hydrogen-bond donors (Lipinski definition) is 3. The highest BCUT2D eigenvalue weighted by Gasteiger charge is 2.59. The summed E-state index contributed by atoms with van der Waals surface area (Å²) in [7, 11) is 0. The number of aromatic nitrogens is 3. The fourth-order valence-electron chi connectivity index (χ4n) is 4.60. The molecule has 1 spiro atoms. The second kappa shape index (κ2) is 8.43. The van der Waals surface area contributed by atoms with Crippen molar-refractivity contribution >= 4 is 35.6 Å². The maximum Gasteiger partial charge on any atom is 0.290 e. The molecule has 2 atom stereocenters. The first-order valence-corrected chi connectivity index (χ1v) is 10.2. The van der Waals surface area contributed by atoms with Crippen molar-refractivity contribution in [1.82, 2.24) is 20.1 Å². The number of amides is 2. The van der Waals surface area contributed by atoms with Gasteiger partial charge in [-0.15, -0.1) is 0 Å². The highest BCUT2D eigenvalue weighted by Crippen LogP contribution is 2.54. The number of fused-ring (bicyclic) bond motifs is 2. The van der Waals surface area contributed by atoms with Crippen LogP contribution in [-0.2, 0) is 15.0 Å². The SMILES string of the molecule is Cc1[nH]nc(C(=O)N2CCC3(C(=O)Nc4ccccc43)C2c2cccnc2)c1Cl.O=CO. The van der Waals surface area contributed by atoms with Crippen LogP contribution in [0.1, 0.15) is 39.8 Å². The predicted molar refractivity (Wildman–Crippen MR) is 116 cm³/mol. The van der Waals surface area contributed by atoms with Gasteiger partial charge in [-0.1, -0.05) is 35.9 Å². The van der Waals surface area contributed by atoms with Crippen molar-refractivity contribution in [3.05, 3.63) is 76.3 Å². The lowest BCUT2D eigenvalue weighted by Gasteiger charge is -2.34. The van der Waals surface area contributed by atoms with Crippen LogP contribution < -0.4 is 5.32 Å². The van der Waals surface area contributed by atoms with Crippen molar-refractivity contribution in [2.24, 2.45) is 0 Å². The zero-order valence-electron chi connectivity index (χ0n) is 17.1. The number of para-hydroxylation sites is 1. The largest absolute Gasteiger partial charge is 0.483 e. The number of anilines is 1. The van der Waals surface area contributed by atoms with Crippen LogP contribution >= 0.6 is 11.6 Å². The zero-order chi connectivity index (χ0) is 22.9. The van der Waals surface area contributed by atoms with Crippen molar-refractivity contribution in [3.63, 3.8) is 0 Å². The standard InChI is InChI=1S/C21H18ClN5O2.CH2O2/c1-12-16(22)17(26-25-12)19(28)27-10-8-21(18(27)13-5-4-9-23-11-13)14-6-2-3-7-15(14)24-20(21)29;2-1-3/h2-7,9,11,18H,8,10H2,1H3,(H,24,29)(H,25,26);1H,(H,2,3). The van der Waals surface area contributed by atoms with Gasteiger partial charge >= 0.3 is 0 Å². The number of nitrogens with one attached hydrogen (secondary N) is 2. The van der Waals surface area contributed by atoms with Gasteiger partial charge in [0.25, 0.3) is 12.4 Å². The number of pyridine rings is 1. The normalized spacial score (nSPS) is 21.0. The average Bonchev–Trinajstić information content (AvgIpc) is 3.45. The van der Waals surface area contributed by atoms with Gasteiger partial charge in [-0.2, -0.15) is 5.10 Å². The van der Waals surface area contributed by atoms with Crippen molar-refractivity contribution in [2.75, 3.05) is 11.9 Å². The number of carbonyl (C=O) groups excluding carboxylic acids is 2. The lowest BCUT2D eigenvalue weighted by atomic mass is 9.73. The van der Waals surface area contributed by atoms with E-state index in [2.05, 4.69) is 20.5 Å². The summed E-state index contributed by atoms with van der Waals surface area (Å²) >= 11 is 6.30. The van der Waals surface area contributed by atoms with E-state index in [9.17, 15) is 9.59 Å². The van der Waals surface area contributed by atoms with Crippen molar-refractivity contribution in [3.8, 4) is 0 Å². The Morgan fingerprint density at radius 1 is 1.31 bits per heavy atom. The van der Waals surface area contributed by atoms with Crippen LogP contribution in [0.15, 0.2) is 48.8 Å². The molecular weight excluding hydrogens is 434 g/mol. The molecule has 2 aliphatic rings. The van der Waals surface area contributed by atoms with E-state index in [1.54, 1.807) is 24.2 Å². The average molecular weight is 454 g/mol. The molecule has 0 saturated carbocycles. The Morgan fingerprint density at radius 2 is 2.06 bits per heavy atom. The van der Waals surface area contributed by atoms with Crippen LogP contribution in [0.25, 0.3) is 0 Å². The summed E-state index contributed by atoms with van der Waals surface area (Å²) in [6.07, 6.45) is 3.89. The quantitative estimate of drug-likeness (QED) is 0.512. The number of hydrogen-bond acceptors (Lipinski definition) is 5. The predicted octanol–water partition coefficient (Wildman–Crippen LogP) is 2.94. The first-order chi connectivity index (χ1) is 15.5. The molecule has 4 heterocycles. The number of nitrogens with zero attached hydrogens (tertiary/aromatic N) is 3. The summed E-state index contributed by atoms with van der Waals surface area (Å²) in [6, 6.07) is 10.9. The maximum atomic E-state index is 13.4. The van der Waals surface area contributed by atoms with Gasteiger partial charge in [0.1, 0.15) is 5.41 Å². The number of halogens is 1. The van der Waals surface area contributed by atoms with Crippen molar-refractivity contribution < 1.29 is 19.5 Å². The third kappa shape index (κ3) is 3.21. The molecule has 9 nitrogen and oxygen atoms in total. The number of likely N-dealkylation sites (tertiary alicyclic amines) is 1. The van der Waals surface area contributed by atoms with Crippen molar-refractivity contribution in [1.29, 1.82) is 0 Å². The van der Waals surface area contributed by atoms with Gasteiger partial charge in [-0.05, 0) is 36.6 Å². The summed E-state index contributed by atoms with van der Waals surface area (Å²) < 4.78 is 0. The molecule has 2 amide bonds. The van der Waals surface area contributed by atoms with E-state index in [-0.39, 0.29) is 24.0 Å². The number of aromatic amines is 1. The van der Waals surface area contributed by atoms with Crippen LogP contribution in [-0.4, -0.2) is 50.0 Å². The fourth-order valence-corrected chi connectivity index (χ4v) is 4.77. The molecule has 0 aliphatic carbocycles. The summed E-state index contributed by atoms with van der Waals surface area (Å²) in [5, 5.41) is 17.1. The van der Waals surface area contributed by atoms with Gasteiger partial charge in [0.05, 0.1) is 16.8 Å². The first-order valence-electron chi connectivity index (χ1n) is 9.86. The van der Waals surface area contributed by atoms with E-state index in [0.29, 0.717) is 23.7 Å². The third-order valence-electron chi connectivity index (χ3n) is 5.92. The molecule has 0 radical (unpaired) electrons. The highest BCUT2D eigenvalue weighted by atomic mass is 35.5. The molecule has 2 unspecified atom stereocenters. The molecule has 5 rings (SSSR count). The lowest BCUT2D eigenvalue weighted by molar-refractivity contribution is -0.123. The van der Waals surface area contributed by atoms with Gasteiger partial charge < -0.3 is 15.3 Å². The molecule has 1 aromatic carbocycles. The Morgan fingerprint density at radius 3 is 2.72 bits per heavy atom. The van der Waals surface area contributed by atoms with Crippen LogP contribution in [0.5, 0.6) is 0 Å². The van der Waals surface area contributed by atoms with Gasteiger partial charge in [0.15, 0.2) is 5.69 Å². The molecule has 3 N–H and O–H groups in total. The van der Waals surface area contributed by atoms with E-state index < -0.39 is 11.5 Å². The fraction of sp³-hybridized carbons (Fsp3) is 0.227. The molecule has 164 valence electrons. The van der Waals surface area contributed by atoms with E-state index in [4.69, 9.17) is 21.5 Å². The van der Waals surface area contributed by atoms with Gasteiger partial charge in [0, 0.05) is 24.6 Å². The molecule has 2 aliphatic heterocycles. The molecule has 1 saturated heterocycles. The van der Waals surface area contributed by atoms with Crippen molar-refractivity contribution in [2.45, 2.75) is 24.8 Å². The molecule has 10 heteroatoms. The molecule has 0 bridgehead atoms. The Balaban J connectivity index is 0.000000775. The van der Waals surface area contributed by atoms with E-state index in [1.807, 2.05) is 36.4 Å². The van der Waals surface area contributed by atoms with Crippen LogP contribution in [0.4, 0.5) is 5.69 Å². The molecular formula is C22H20ClN5O4. The highest BCUT2D eigenvalue weighted by molar-refractivity contribution is 6.34. The van der Waals surface area contributed by atoms with E-state index in [0.717, 1.165) is 16.8 Å². The summed E-state index contributed by atoms with van der Waals surface area (Å²) in [6.45, 7) is 1.92. The molecule has 3 aromatic rings. The number of rotatable bonds is 2. The number of benzene rings is 1. The third-order valence-corrected chi connectivity index (χ3v) is 6.39. The van der Waals surface area contributed by atoms with Crippen LogP contribution in [0.2, 0.25) is 5.02 Å². The second-order valence-electron chi connectivity index (χ2n) is 7.53. The minimum Gasteiger partial charge on any atom is -0.483 e. The van der Waals surface area contributed by atoms with E-state index >= 15 is 0 Å². The van der Waals surface area contributed by atoms with Gasteiger partial charge in [-0.3, -0.25) is 24.5 Å². The van der Waals surface area contributed by atoms with Crippen LogP contribution in [0, 0.1) is 6.92 Å². The van der Waals surface area contributed by atoms with Gasteiger partial charge in [-0.25, -0.2) is 0 Å². The second-order valence-corrected chi connectivity index (χ2v) is 7.90. The van der Waals surface area contributed by atoms with Gasteiger partial charge in [0.2, 0.25) is 5.91 Å². The lowest BCUT2D eigenvalue weighted by Crippen LogP contribution is -2.42. The monoisotopic (exact) mass is 453 g/mol. The van der Waals surface area contributed by atoms with Crippen LogP contribution in [0.3, 0.4) is 0 Å². The first kappa shape index (κ1) is 21.5. The Kier molecular flexibility index (Phi) is 5.67. The number of H-pyrrole nitrogens is 1. The summed E-state index contributed by atoms with van der Waals surface area (Å²) in [4.78, 5) is 41.0. The molecule has 2 aromatic heterocycles. The minimum absolute atomic E-state index is 0.104. The zero-order valence-corrected chi connectivity index (χ0v) is 17.8. The Labute approximate surface area is 188 Å². The summed E-state index contributed by atoms with van der Waals surface area (Å²) in [5.41, 5.74) is 2.40. The molecule has 1 fully saturated rings. The van der Waals surface area contributed by atoms with E-state index in [1.165, 1.54) is 0 Å². The number of carboxylic acid groups (broad SMARTS) is 1. The Bertz CT molecular complexity index is 1180. The maximum absolute atomic E-state index is 13.4. The number of carbonyl (C=O) groups is 3. The Hall–Kier alpha value is -3.72. The topological polar surface area (TPSA) is 128 Å². The smallest absolute Gasteiger partial charge is 0.290 e.